The molecular weight excluding hydrogens is 318 g/mol. The maximum atomic E-state index is 5.76. The van der Waals surface area contributed by atoms with Crippen molar-refractivity contribution in [2.24, 2.45) is 7.05 Å². The van der Waals surface area contributed by atoms with E-state index in [1.807, 2.05) is 19.3 Å². The minimum Gasteiger partial charge on any atom is -0.486 e. The number of aryl methyl sites for hydroxylation is 1. The number of fused-ring (bicyclic) bond motifs is 2. The summed E-state index contributed by atoms with van der Waals surface area (Å²) in [5.41, 5.74) is 2.09. The van der Waals surface area contributed by atoms with Gasteiger partial charge in [0.05, 0.1) is 17.6 Å². The Hall–Kier alpha value is -2.83. The summed E-state index contributed by atoms with van der Waals surface area (Å²) in [6.07, 6.45) is 5.69. The third kappa shape index (κ3) is 2.30. The molecule has 128 valence electrons. The van der Waals surface area contributed by atoms with Crippen LogP contribution in [-0.4, -0.2) is 39.5 Å². The van der Waals surface area contributed by atoms with Gasteiger partial charge in [-0.1, -0.05) is 6.07 Å². The van der Waals surface area contributed by atoms with Gasteiger partial charge in [0.15, 0.2) is 17.1 Å². The molecule has 1 atom stereocenters. The zero-order valence-corrected chi connectivity index (χ0v) is 14.1. The van der Waals surface area contributed by atoms with Crippen LogP contribution in [0.3, 0.4) is 0 Å². The van der Waals surface area contributed by atoms with E-state index in [0.29, 0.717) is 13.2 Å². The molecule has 1 fully saturated rings. The molecule has 0 amide bonds. The molecule has 25 heavy (non-hydrogen) atoms. The Labute approximate surface area is 145 Å². The summed E-state index contributed by atoms with van der Waals surface area (Å²) in [6, 6.07) is 6.53. The second kappa shape index (κ2) is 5.61. The highest BCUT2D eigenvalue weighted by molar-refractivity contribution is 5.87. The van der Waals surface area contributed by atoms with Gasteiger partial charge in [-0.2, -0.15) is 5.10 Å². The second-order valence-corrected chi connectivity index (χ2v) is 6.46. The molecule has 0 unspecified atom stereocenters. The van der Waals surface area contributed by atoms with E-state index in [0.717, 1.165) is 47.7 Å². The molecular formula is C18H19N5O2. The molecule has 7 heteroatoms. The van der Waals surface area contributed by atoms with Gasteiger partial charge in [-0.15, -0.1) is 0 Å². The average molecular weight is 337 g/mol. The molecule has 1 saturated heterocycles. The van der Waals surface area contributed by atoms with Crippen LogP contribution >= 0.6 is 0 Å². The van der Waals surface area contributed by atoms with Crippen LogP contribution in [0.1, 0.15) is 24.4 Å². The van der Waals surface area contributed by atoms with Crippen LogP contribution in [0, 0.1) is 0 Å². The molecule has 0 aliphatic carbocycles. The van der Waals surface area contributed by atoms with Gasteiger partial charge in [-0.25, -0.2) is 9.97 Å². The van der Waals surface area contributed by atoms with E-state index in [9.17, 15) is 0 Å². The van der Waals surface area contributed by atoms with E-state index >= 15 is 0 Å². The molecule has 2 aromatic heterocycles. The van der Waals surface area contributed by atoms with Gasteiger partial charge in [0.1, 0.15) is 25.4 Å². The van der Waals surface area contributed by atoms with Crippen LogP contribution in [0.4, 0.5) is 5.82 Å². The summed E-state index contributed by atoms with van der Waals surface area (Å²) in [7, 11) is 1.90. The lowest BCUT2D eigenvalue weighted by atomic mass is 10.0. The first-order chi connectivity index (χ1) is 12.3. The number of aromatic nitrogens is 4. The van der Waals surface area contributed by atoms with Gasteiger partial charge in [-0.05, 0) is 30.5 Å². The number of nitrogens with zero attached hydrogens (tertiary/aromatic N) is 5. The van der Waals surface area contributed by atoms with E-state index in [-0.39, 0.29) is 6.04 Å². The number of ether oxygens (including phenoxy) is 2. The quantitative estimate of drug-likeness (QED) is 0.716. The van der Waals surface area contributed by atoms with E-state index in [1.54, 1.807) is 11.0 Å². The lowest BCUT2D eigenvalue weighted by Gasteiger charge is -2.27. The van der Waals surface area contributed by atoms with Gasteiger partial charge in [0, 0.05) is 13.6 Å². The first-order valence-corrected chi connectivity index (χ1v) is 8.60. The lowest BCUT2D eigenvalue weighted by Crippen LogP contribution is -2.24. The van der Waals surface area contributed by atoms with Crippen molar-refractivity contribution in [3.63, 3.8) is 0 Å². The Morgan fingerprint density at radius 3 is 2.92 bits per heavy atom. The fourth-order valence-electron chi connectivity index (χ4n) is 3.81. The zero-order chi connectivity index (χ0) is 16.8. The van der Waals surface area contributed by atoms with E-state index in [2.05, 4.69) is 32.1 Å². The molecule has 4 heterocycles. The van der Waals surface area contributed by atoms with E-state index < -0.39 is 0 Å². The fraction of sp³-hybridized carbons (Fsp3) is 0.389. The molecule has 2 aliphatic rings. The lowest BCUT2D eigenvalue weighted by molar-refractivity contribution is 0.171. The van der Waals surface area contributed by atoms with Gasteiger partial charge in [0.2, 0.25) is 0 Å². The molecule has 5 rings (SSSR count). The minimum atomic E-state index is 0.272. The first kappa shape index (κ1) is 14.5. The van der Waals surface area contributed by atoms with Gasteiger partial charge >= 0.3 is 0 Å². The third-order valence-electron chi connectivity index (χ3n) is 4.98. The molecule has 2 aliphatic heterocycles. The summed E-state index contributed by atoms with van der Waals surface area (Å²) in [6.45, 7) is 2.19. The van der Waals surface area contributed by atoms with Crippen LogP contribution in [0.15, 0.2) is 30.7 Å². The van der Waals surface area contributed by atoms with E-state index in [1.165, 1.54) is 5.56 Å². The zero-order valence-electron chi connectivity index (χ0n) is 14.1. The average Bonchev–Trinajstić information content (AvgIpc) is 3.28. The first-order valence-electron chi connectivity index (χ1n) is 8.60. The molecule has 0 radical (unpaired) electrons. The Morgan fingerprint density at radius 2 is 2.00 bits per heavy atom. The van der Waals surface area contributed by atoms with Gasteiger partial charge in [0.25, 0.3) is 0 Å². The summed E-state index contributed by atoms with van der Waals surface area (Å²) in [5.74, 6) is 2.62. The topological polar surface area (TPSA) is 65.3 Å². The maximum Gasteiger partial charge on any atom is 0.163 e. The number of benzene rings is 1. The largest absolute Gasteiger partial charge is 0.486 e. The van der Waals surface area contributed by atoms with Crippen LogP contribution in [0.2, 0.25) is 0 Å². The smallest absolute Gasteiger partial charge is 0.163 e. The molecule has 7 nitrogen and oxygen atoms in total. The standard InChI is InChI=1S/C18H19N5O2/c1-22-17-13(10-21-22)18(20-11-19-17)23-6-2-3-14(23)12-4-5-15-16(9-12)25-8-7-24-15/h4-5,9-11,14H,2-3,6-8H2,1H3/t14-/m0/s1. The molecule has 3 aromatic rings. The van der Waals surface area contributed by atoms with Crippen molar-refractivity contribution in [3.05, 3.63) is 36.3 Å². The molecule has 0 saturated carbocycles. The number of anilines is 1. The number of hydrogen-bond donors (Lipinski definition) is 0. The predicted molar refractivity (Wildman–Crippen MR) is 93.1 cm³/mol. The van der Waals surface area contributed by atoms with Crippen LogP contribution in [0.25, 0.3) is 11.0 Å². The van der Waals surface area contributed by atoms with E-state index in [4.69, 9.17) is 9.47 Å². The van der Waals surface area contributed by atoms with Crippen LogP contribution in [0.5, 0.6) is 11.5 Å². The van der Waals surface area contributed by atoms with Gasteiger partial charge < -0.3 is 14.4 Å². The summed E-state index contributed by atoms with van der Waals surface area (Å²) in [5, 5.41) is 5.33. The van der Waals surface area contributed by atoms with Gasteiger partial charge in [-0.3, -0.25) is 4.68 Å². The van der Waals surface area contributed by atoms with Crippen LogP contribution in [-0.2, 0) is 7.05 Å². The Bertz CT molecular complexity index is 938. The van der Waals surface area contributed by atoms with Crippen molar-refractivity contribution in [1.82, 2.24) is 19.7 Å². The normalized spacial score (nSPS) is 19.6. The van der Waals surface area contributed by atoms with Crippen molar-refractivity contribution in [2.45, 2.75) is 18.9 Å². The molecule has 0 bridgehead atoms. The summed E-state index contributed by atoms with van der Waals surface area (Å²) in [4.78, 5) is 11.3. The highest BCUT2D eigenvalue weighted by Gasteiger charge is 2.30. The fourth-order valence-corrected chi connectivity index (χ4v) is 3.81. The van der Waals surface area contributed by atoms with Crippen molar-refractivity contribution in [3.8, 4) is 11.5 Å². The highest BCUT2D eigenvalue weighted by atomic mass is 16.6. The highest BCUT2D eigenvalue weighted by Crippen LogP contribution is 2.40. The second-order valence-electron chi connectivity index (χ2n) is 6.46. The monoisotopic (exact) mass is 337 g/mol. The minimum absolute atomic E-state index is 0.272. The Morgan fingerprint density at radius 1 is 1.12 bits per heavy atom. The predicted octanol–water partition coefficient (Wildman–Crippen LogP) is 2.48. The van der Waals surface area contributed by atoms with Crippen molar-refractivity contribution in [2.75, 3.05) is 24.7 Å². The van der Waals surface area contributed by atoms with Crippen molar-refractivity contribution in [1.29, 1.82) is 0 Å². The molecule has 0 spiro atoms. The van der Waals surface area contributed by atoms with Crippen molar-refractivity contribution < 1.29 is 9.47 Å². The molecule has 1 aromatic carbocycles. The number of rotatable bonds is 2. The third-order valence-corrected chi connectivity index (χ3v) is 4.98. The van der Waals surface area contributed by atoms with Crippen LogP contribution < -0.4 is 14.4 Å². The molecule has 0 N–H and O–H groups in total. The maximum absolute atomic E-state index is 5.76. The Kier molecular flexibility index (Phi) is 3.26. The summed E-state index contributed by atoms with van der Waals surface area (Å²) < 4.78 is 13.2. The number of hydrogen-bond acceptors (Lipinski definition) is 6. The SMILES string of the molecule is Cn1ncc2c(N3CCC[C@H]3c3ccc4c(c3)OCCO4)ncnc21. The Balaban J connectivity index is 1.55. The summed E-state index contributed by atoms with van der Waals surface area (Å²) >= 11 is 0. The van der Waals surface area contributed by atoms with Crippen molar-refractivity contribution >= 4 is 16.9 Å².